The zero-order valence-electron chi connectivity index (χ0n) is 16.1. The first-order valence-corrected chi connectivity index (χ1v) is 10.2. The fourth-order valence-electron chi connectivity index (χ4n) is 3.46. The molecule has 0 unspecified atom stereocenters. The highest BCUT2D eigenvalue weighted by Gasteiger charge is 2.18. The molecule has 5 nitrogen and oxygen atoms in total. The third-order valence-electron chi connectivity index (χ3n) is 4.96. The number of aryl methyl sites for hydroxylation is 1. The standard InChI is InChI=1S/C23H17Cl2N5/c1-15-5-8-17(9-6-15)22-23(30-11-3-2-4-21(30)26-22)20-14-29(28-27-20)13-16-7-10-18(24)19(25)12-16/h2-12,14H,13H2,1H3. The van der Waals surface area contributed by atoms with Crippen LogP contribution in [-0.4, -0.2) is 24.4 Å². The van der Waals surface area contributed by atoms with Crippen molar-refractivity contribution in [1.29, 1.82) is 0 Å². The van der Waals surface area contributed by atoms with E-state index in [1.165, 1.54) is 5.56 Å². The third kappa shape index (κ3) is 3.47. The van der Waals surface area contributed by atoms with Gasteiger partial charge in [-0.2, -0.15) is 0 Å². The van der Waals surface area contributed by atoms with Crippen LogP contribution in [0.4, 0.5) is 0 Å². The lowest BCUT2D eigenvalue weighted by atomic mass is 10.1. The number of imidazole rings is 1. The normalized spacial score (nSPS) is 11.3. The lowest BCUT2D eigenvalue weighted by molar-refractivity contribution is 0.650. The average Bonchev–Trinajstić information content (AvgIpc) is 3.35. The first-order chi connectivity index (χ1) is 14.6. The lowest BCUT2D eigenvalue weighted by Gasteiger charge is -2.04. The smallest absolute Gasteiger partial charge is 0.137 e. The van der Waals surface area contributed by atoms with Crippen molar-refractivity contribution < 1.29 is 0 Å². The molecular formula is C23H17Cl2N5. The summed E-state index contributed by atoms with van der Waals surface area (Å²) in [6.07, 6.45) is 3.92. The Hall–Kier alpha value is -3.15. The molecule has 0 spiro atoms. The SMILES string of the molecule is Cc1ccc(-c2nc3ccccn3c2-c2cn(Cc3ccc(Cl)c(Cl)c3)nn2)cc1. The maximum Gasteiger partial charge on any atom is 0.137 e. The number of benzene rings is 2. The minimum Gasteiger partial charge on any atom is -0.298 e. The van der Waals surface area contributed by atoms with Gasteiger partial charge in [0.2, 0.25) is 0 Å². The van der Waals surface area contributed by atoms with Gasteiger partial charge >= 0.3 is 0 Å². The van der Waals surface area contributed by atoms with Crippen LogP contribution in [0.2, 0.25) is 10.0 Å². The molecule has 0 atom stereocenters. The molecule has 0 amide bonds. The Morgan fingerprint density at radius 3 is 2.57 bits per heavy atom. The summed E-state index contributed by atoms with van der Waals surface area (Å²) in [6.45, 7) is 2.61. The predicted octanol–water partition coefficient (Wildman–Crippen LogP) is 5.92. The highest BCUT2D eigenvalue weighted by atomic mass is 35.5. The molecule has 7 heteroatoms. The number of nitrogens with zero attached hydrogens (tertiary/aromatic N) is 5. The van der Waals surface area contributed by atoms with Crippen LogP contribution in [0.15, 0.2) is 73.1 Å². The monoisotopic (exact) mass is 433 g/mol. The molecule has 148 valence electrons. The highest BCUT2D eigenvalue weighted by molar-refractivity contribution is 6.42. The van der Waals surface area contributed by atoms with Gasteiger partial charge < -0.3 is 0 Å². The van der Waals surface area contributed by atoms with Crippen molar-refractivity contribution in [2.45, 2.75) is 13.5 Å². The first-order valence-electron chi connectivity index (χ1n) is 9.47. The van der Waals surface area contributed by atoms with Crippen LogP contribution >= 0.6 is 23.2 Å². The van der Waals surface area contributed by atoms with Crippen molar-refractivity contribution in [3.8, 4) is 22.6 Å². The van der Waals surface area contributed by atoms with Crippen molar-refractivity contribution in [3.63, 3.8) is 0 Å². The summed E-state index contributed by atoms with van der Waals surface area (Å²) in [4.78, 5) is 4.86. The van der Waals surface area contributed by atoms with E-state index in [1.54, 1.807) is 10.7 Å². The molecular weight excluding hydrogens is 417 g/mol. The summed E-state index contributed by atoms with van der Waals surface area (Å²) < 4.78 is 3.83. The second-order valence-corrected chi connectivity index (χ2v) is 7.97. The second-order valence-electron chi connectivity index (χ2n) is 7.15. The van der Waals surface area contributed by atoms with E-state index in [4.69, 9.17) is 28.2 Å². The van der Waals surface area contributed by atoms with E-state index in [-0.39, 0.29) is 0 Å². The maximum absolute atomic E-state index is 6.14. The largest absolute Gasteiger partial charge is 0.298 e. The molecule has 0 radical (unpaired) electrons. The number of hydrogen-bond acceptors (Lipinski definition) is 3. The predicted molar refractivity (Wildman–Crippen MR) is 120 cm³/mol. The van der Waals surface area contributed by atoms with Crippen LogP contribution in [0.25, 0.3) is 28.3 Å². The molecule has 0 N–H and O–H groups in total. The van der Waals surface area contributed by atoms with E-state index >= 15 is 0 Å². The van der Waals surface area contributed by atoms with E-state index in [0.29, 0.717) is 16.6 Å². The first kappa shape index (κ1) is 18.9. The van der Waals surface area contributed by atoms with Gasteiger partial charge in [0, 0.05) is 11.8 Å². The number of fused-ring (bicyclic) bond motifs is 1. The molecule has 0 saturated heterocycles. The van der Waals surface area contributed by atoms with Crippen LogP contribution in [0.1, 0.15) is 11.1 Å². The van der Waals surface area contributed by atoms with E-state index < -0.39 is 0 Å². The molecule has 3 aromatic heterocycles. The molecule has 0 saturated carbocycles. The summed E-state index contributed by atoms with van der Waals surface area (Å²) in [5, 5.41) is 9.83. The Labute approximate surface area is 183 Å². The molecule has 0 fully saturated rings. The molecule has 0 aliphatic rings. The number of aromatic nitrogens is 5. The van der Waals surface area contributed by atoms with Gasteiger partial charge in [0.05, 0.1) is 28.5 Å². The average molecular weight is 434 g/mol. The van der Waals surface area contributed by atoms with Crippen LogP contribution in [0, 0.1) is 6.92 Å². The van der Waals surface area contributed by atoms with Crippen LogP contribution in [-0.2, 0) is 6.54 Å². The minimum absolute atomic E-state index is 0.526. The Morgan fingerprint density at radius 2 is 1.77 bits per heavy atom. The van der Waals surface area contributed by atoms with Gasteiger partial charge in [-0.3, -0.25) is 4.40 Å². The summed E-state index contributed by atoms with van der Waals surface area (Å²) in [6, 6.07) is 19.9. The lowest BCUT2D eigenvalue weighted by Crippen LogP contribution is -2.00. The van der Waals surface area contributed by atoms with Gasteiger partial charge in [0.1, 0.15) is 17.0 Å². The van der Waals surface area contributed by atoms with Gasteiger partial charge in [-0.1, -0.05) is 70.4 Å². The molecule has 5 rings (SSSR count). The maximum atomic E-state index is 6.14. The van der Waals surface area contributed by atoms with E-state index in [0.717, 1.165) is 33.9 Å². The zero-order chi connectivity index (χ0) is 20.7. The molecule has 2 aromatic carbocycles. The van der Waals surface area contributed by atoms with E-state index in [9.17, 15) is 0 Å². The number of hydrogen-bond donors (Lipinski definition) is 0. The number of rotatable bonds is 4. The zero-order valence-corrected chi connectivity index (χ0v) is 17.6. The minimum atomic E-state index is 0.526. The molecule has 3 heterocycles. The topological polar surface area (TPSA) is 48.0 Å². The molecule has 0 aliphatic heterocycles. The van der Waals surface area contributed by atoms with Gasteiger partial charge in [-0.05, 0) is 36.8 Å². The summed E-state index contributed by atoms with van der Waals surface area (Å²) in [7, 11) is 0. The fraction of sp³-hybridized carbons (Fsp3) is 0.0870. The van der Waals surface area contributed by atoms with Gasteiger partial charge in [-0.15, -0.1) is 5.10 Å². The van der Waals surface area contributed by atoms with Crippen LogP contribution in [0.5, 0.6) is 0 Å². The molecule has 5 aromatic rings. The fourth-order valence-corrected chi connectivity index (χ4v) is 3.78. The third-order valence-corrected chi connectivity index (χ3v) is 5.70. The second kappa shape index (κ2) is 7.59. The van der Waals surface area contributed by atoms with Crippen LogP contribution < -0.4 is 0 Å². The van der Waals surface area contributed by atoms with Crippen molar-refractivity contribution >= 4 is 28.8 Å². The number of pyridine rings is 1. The van der Waals surface area contributed by atoms with Gasteiger partial charge in [0.25, 0.3) is 0 Å². The molecule has 30 heavy (non-hydrogen) atoms. The Kier molecular flexibility index (Phi) is 4.77. The van der Waals surface area contributed by atoms with Gasteiger partial charge in [-0.25, -0.2) is 9.67 Å². The van der Waals surface area contributed by atoms with Gasteiger partial charge in [0.15, 0.2) is 0 Å². The highest BCUT2D eigenvalue weighted by Crippen LogP contribution is 2.32. The molecule has 0 aliphatic carbocycles. The van der Waals surface area contributed by atoms with Crippen molar-refractivity contribution in [2.24, 2.45) is 0 Å². The van der Waals surface area contributed by atoms with Crippen molar-refractivity contribution in [1.82, 2.24) is 24.4 Å². The van der Waals surface area contributed by atoms with E-state index in [1.807, 2.05) is 47.1 Å². The van der Waals surface area contributed by atoms with Crippen molar-refractivity contribution in [3.05, 3.63) is 94.2 Å². The Morgan fingerprint density at radius 1 is 0.933 bits per heavy atom. The summed E-state index contributed by atoms with van der Waals surface area (Å²) in [5.74, 6) is 0. The summed E-state index contributed by atoms with van der Waals surface area (Å²) in [5.41, 5.74) is 6.65. The Balaban J connectivity index is 1.58. The summed E-state index contributed by atoms with van der Waals surface area (Å²) >= 11 is 12.2. The number of halogens is 2. The van der Waals surface area contributed by atoms with E-state index in [2.05, 4.69) is 41.5 Å². The van der Waals surface area contributed by atoms with Crippen molar-refractivity contribution in [2.75, 3.05) is 0 Å². The Bertz CT molecular complexity index is 1350. The quantitative estimate of drug-likeness (QED) is 0.353. The van der Waals surface area contributed by atoms with Crippen LogP contribution in [0.3, 0.4) is 0 Å². The molecule has 0 bridgehead atoms.